The summed E-state index contributed by atoms with van der Waals surface area (Å²) >= 11 is 0. The molecule has 1 aliphatic heterocycles. The summed E-state index contributed by atoms with van der Waals surface area (Å²) < 4.78 is 38.9. The van der Waals surface area contributed by atoms with Gasteiger partial charge in [-0.25, -0.2) is 0 Å². The molecule has 0 aromatic heterocycles. The average molecular weight is 355 g/mol. The molecule has 1 aromatic carbocycles. The van der Waals surface area contributed by atoms with Gasteiger partial charge in [0.25, 0.3) is 0 Å². The average Bonchev–Trinajstić information content (AvgIpc) is 3.25. The monoisotopic (exact) mass is 355 g/mol. The minimum absolute atomic E-state index is 0.291. The molecule has 3 rings (SSSR count). The molecule has 1 heterocycles. The summed E-state index contributed by atoms with van der Waals surface area (Å²) in [5, 5.41) is 12.9. The molecule has 1 atom stereocenters. The van der Waals surface area contributed by atoms with Crippen LogP contribution in [0, 0.1) is 0 Å². The number of aliphatic imine (C=N–C) groups is 1. The minimum Gasteiger partial charge on any atom is -0.391 e. The molecule has 1 aromatic rings. The lowest BCUT2D eigenvalue weighted by atomic mass is 9.94. The fourth-order valence-electron chi connectivity index (χ4n) is 3.30. The normalized spacial score (nSPS) is 23.0. The number of nitrogens with zero attached hydrogens (tertiary/aromatic N) is 2. The third kappa shape index (κ3) is 4.08. The number of aliphatic hydroxyl groups excluding tert-OH is 1. The summed E-state index contributed by atoms with van der Waals surface area (Å²) in [6.07, 6.45) is -2.26. The number of halogens is 3. The second kappa shape index (κ2) is 6.86. The molecule has 0 unspecified atom stereocenters. The lowest BCUT2D eigenvalue weighted by molar-refractivity contribution is -0.137. The van der Waals surface area contributed by atoms with Gasteiger partial charge in [-0.1, -0.05) is 18.2 Å². The largest absolute Gasteiger partial charge is 0.416 e. The molecule has 1 saturated carbocycles. The first-order valence-electron chi connectivity index (χ1n) is 8.73. The van der Waals surface area contributed by atoms with Gasteiger partial charge >= 0.3 is 6.18 Å². The number of hydrogen-bond acceptors (Lipinski definition) is 2. The molecule has 7 heteroatoms. The van der Waals surface area contributed by atoms with Crippen molar-refractivity contribution in [2.45, 2.75) is 43.9 Å². The third-order valence-electron chi connectivity index (χ3n) is 4.99. The second-order valence-corrected chi connectivity index (χ2v) is 6.92. The van der Waals surface area contributed by atoms with E-state index in [0.29, 0.717) is 31.6 Å². The quantitative estimate of drug-likeness (QED) is 0.645. The minimum atomic E-state index is -4.32. The van der Waals surface area contributed by atoms with Crippen LogP contribution in [0.25, 0.3) is 0 Å². The van der Waals surface area contributed by atoms with Crippen molar-refractivity contribution in [1.29, 1.82) is 0 Å². The van der Waals surface area contributed by atoms with E-state index in [4.69, 9.17) is 0 Å². The Morgan fingerprint density at radius 1 is 1.40 bits per heavy atom. The Morgan fingerprint density at radius 2 is 2.16 bits per heavy atom. The van der Waals surface area contributed by atoms with Crippen LogP contribution < -0.4 is 5.32 Å². The molecule has 0 amide bonds. The Labute approximate surface area is 145 Å². The van der Waals surface area contributed by atoms with E-state index in [1.165, 1.54) is 12.1 Å². The first-order valence-corrected chi connectivity index (χ1v) is 8.73. The van der Waals surface area contributed by atoms with Crippen molar-refractivity contribution in [1.82, 2.24) is 10.2 Å². The van der Waals surface area contributed by atoms with Crippen molar-refractivity contribution in [2.75, 3.05) is 26.2 Å². The summed E-state index contributed by atoms with van der Waals surface area (Å²) in [5.41, 5.74) is -0.182. The molecule has 1 saturated heterocycles. The number of benzene rings is 1. The Hall–Kier alpha value is -1.76. The highest BCUT2D eigenvalue weighted by atomic mass is 19.4. The van der Waals surface area contributed by atoms with Crippen molar-refractivity contribution in [3.8, 4) is 0 Å². The van der Waals surface area contributed by atoms with Crippen molar-refractivity contribution in [3.05, 3.63) is 35.4 Å². The Kier molecular flexibility index (Phi) is 4.95. The molecule has 2 aliphatic rings. The highest BCUT2D eigenvalue weighted by Gasteiger charge is 2.45. The van der Waals surface area contributed by atoms with E-state index < -0.39 is 11.7 Å². The lowest BCUT2D eigenvalue weighted by Gasteiger charge is -2.22. The van der Waals surface area contributed by atoms with Crippen LogP contribution in [0.3, 0.4) is 0 Å². The van der Waals surface area contributed by atoms with Gasteiger partial charge in [-0.2, -0.15) is 13.2 Å². The molecule has 0 spiro atoms. The van der Waals surface area contributed by atoms with Crippen molar-refractivity contribution < 1.29 is 18.3 Å². The van der Waals surface area contributed by atoms with Crippen molar-refractivity contribution in [2.24, 2.45) is 4.99 Å². The topological polar surface area (TPSA) is 47.9 Å². The highest BCUT2D eigenvalue weighted by molar-refractivity contribution is 5.80. The predicted octanol–water partition coefficient (Wildman–Crippen LogP) is 2.77. The van der Waals surface area contributed by atoms with E-state index >= 15 is 0 Å². The summed E-state index contributed by atoms with van der Waals surface area (Å²) in [7, 11) is 0. The van der Waals surface area contributed by atoms with Gasteiger partial charge in [-0.15, -0.1) is 0 Å². The molecule has 0 radical (unpaired) electrons. The molecule has 0 bridgehead atoms. The number of β-amino-alcohol motifs (C(OH)–C–C–N with tert-alkyl or cyclic N) is 1. The van der Waals surface area contributed by atoms with Crippen molar-refractivity contribution in [3.63, 3.8) is 0 Å². The lowest BCUT2D eigenvalue weighted by Crippen LogP contribution is -2.41. The predicted molar refractivity (Wildman–Crippen MR) is 90.5 cm³/mol. The molecular weight excluding hydrogens is 331 g/mol. The number of guanidine groups is 1. The van der Waals surface area contributed by atoms with Gasteiger partial charge in [-0.05, 0) is 37.8 Å². The maximum absolute atomic E-state index is 13.0. The number of nitrogens with one attached hydrogen (secondary N) is 1. The second-order valence-electron chi connectivity index (χ2n) is 6.92. The highest BCUT2D eigenvalue weighted by Crippen LogP contribution is 2.49. The summed E-state index contributed by atoms with van der Waals surface area (Å²) in [6.45, 7) is 4.43. The smallest absolute Gasteiger partial charge is 0.391 e. The van der Waals surface area contributed by atoms with Gasteiger partial charge in [0, 0.05) is 25.0 Å². The van der Waals surface area contributed by atoms with E-state index in [1.807, 2.05) is 11.8 Å². The molecule has 25 heavy (non-hydrogen) atoms. The zero-order valence-electron chi connectivity index (χ0n) is 14.3. The molecule has 2 fully saturated rings. The number of likely N-dealkylation sites (tertiary alicyclic amines) is 1. The van der Waals surface area contributed by atoms with Crippen molar-refractivity contribution >= 4 is 5.96 Å². The Bertz CT molecular complexity index is 641. The van der Waals surface area contributed by atoms with E-state index in [-0.39, 0.29) is 11.5 Å². The summed E-state index contributed by atoms with van der Waals surface area (Å²) in [5.74, 6) is 0.734. The SMILES string of the molecule is CCNC(=NCC1(c2cccc(C(F)(F)F)c2)CC1)N1CC[C@@H](O)C1. The van der Waals surface area contributed by atoms with Crippen LogP contribution in [0.4, 0.5) is 13.2 Å². The van der Waals surface area contributed by atoms with E-state index in [1.54, 1.807) is 6.07 Å². The van der Waals surface area contributed by atoms with Gasteiger partial charge in [0.15, 0.2) is 5.96 Å². The maximum atomic E-state index is 13.0. The van der Waals surface area contributed by atoms with Crippen LogP contribution in [0.2, 0.25) is 0 Å². The number of aliphatic hydroxyl groups is 1. The number of alkyl halides is 3. The van der Waals surface area contributed by atoms with Gasteiger partial charge in [-0.3, -0.25) is 4.99 Å². The van der Waals surface area contributed by atoms with Gasteiger partial charge < -0.3 is 15.3 Å². The molecule has 4 nitrogen and oxygen atoms in total. The maximum Gasteiger partial charge on any atom is 0.416 e. The van der Waals surface area contributed by atoms with Gasteiger partial charge in [0.05, 0.1) is 18.2 Å². The molecule has 1 aliphatic carbocycles. The fourth-order valence-corrected chi connectivity index (χ4v) is 3.30. The number of rotatable bonds is 4. The third-order valence-corrected chi connectivity index (χ3v) is 4.99. The summed E-state index contributed by atoms with van der Waals surface area (Å²) in [4.78, 5) is 6.68. The van der Waals surface area contributed by atoms with Gasteiger partial charge in [0.1, 0.15) is 0 Å². The summed E-state index contributed by atoms with van der Waals surface area (Å²) in [6, 6.07) is 5.61. The standard InChI is InChI=1S/C18H24F3N3O/c1-2-22-16(24-9-6-15(25)11-24)23-12-17(7-8-17)13-4-3-5-14(10-13)18(19,20)21/h3-5,10,15,25H,2,6-9,11-12H2,1H3,(H,22,23)/t15-/m1/s1. The first kappa shape index (κ1) is 18.0. The molecule has 138 valence electrons. The molecular formula is C18H24F3N3O. The molecule has 2 N–H and O–H groups in total. The van der Waals surface area contributed by atoms with E-state index in [2.05, 4.69) is 10.3 Å². The fraction of sp³-hybridized carbons (Fsp3) is 0.611. The van der Waals surface area contributed by atoms with Crippen LogP contribution in [0.15, 0.2) is 29.3 Å². The van der Waals surface area contributed by atoms with Crippen LogP contribution >= 0.6 is 0 Å². The van der Waals surface area contributed by atoms with E-state index in [9.17, 15) is 18.3 Å². The Morgan fingerprint density at radius 3 is 2.72 bits per heavy atom. The first-order chi connectivity index (χ1) is 11.8. The van der Waals surface area contributed by atoms with Crippen LogP contribution in [-0.2, 0) is 11.6 Å². The zero-order chi connectivity index (χ0) is 18.1. The van der Waals surface area contributed by atoms with E-state index in [0.717, 1.165) is 31.4 Å². The zero-order valence-corrected chi connectivity index (χ0v) is 14.3. The van der Waals surface area contributed by atoms with Crippen LogP contribution in [-0.4, -0.2) is 48.2 Å². The number of hydrogen-bond donors (Lipinski definition) is 2. The van der Waals surface area contributed by atoms with Crippen LogP contribution in [0.5, 0.6) is 0 Å². The Balaban J connectivity index is 1.77. The van der Waals surface area contributed by atoms with Gasteiger partial charge in [0.2, 0.25) is 0 Å². The van der Waals surface area contributed by atoms with Crippen LogP contribution in [0.1, 0.15) is 37.3 Å².